The monoisotopic (exact) mass is 374 g/mol. The Labute approximate surface area is 151 Å². The molecule has 0 fully saturated rings. The zero-order chi connectivity index (χ0) is 17.7. The lowest BCUT2D eigenvalue weighted by Crippen LogP contribution is -2.29. The van der Waals surface area contributed by atoms with Crippen LogP contribution in [0.15, 0.2) is 76.9 Å². The van der Waals surface area contributed by atoms with E-state index < -0.39 is 10.0 Å². The van der Waals surface area contributed by atoms with Crippen molar-refractivity contribution in [2.75, 3.05) is 4.31 Å². The Balaban J connectivity index is 1.91. The molecule has 0 aliphatic rings. The summed E-state index contributed by atoms with van der Waals surface area (Å²) in [5, 5.41) is 1.74. The molecule has 5 nitrogen and oxygen atoms in total. The Morgan fingerprint density at radius 2 is 1.88 bits per heavy atom. The number of hydrogen-bond acceptors (Lipinski definition) is 4. The van der Waals surface area contributed by atoms with E-state index in [-0.39, 0.29) is 6.54 Å². The third-order valence-electron chi connectivity index (χ3n) is 3.39. The third kappa shape index (κ3) is 4.49. The average Bonchev–Trinajstić information content (AvgIpc) is 3.13. The summed E-state index contributed by atoms with van der Waals surface area (Å²) in [5.74, 6) is 0.841. The molecule has 0 atom stereocenters. The van der Waals surface area contributed by atoms with Crippen LogP contribution in [-0.4, -0.2) is 13.4 Å². The highest BCUT2D eigenvalue weighted by Gasteiger charge is 2.22. The van der Waals surface area contributed by atoms with Crippen LogP contribution >= 0.6 is 11.6 Å². The fraction of sp³-hybridized carbons (Fsp3) is 0.0556. The number of benzene rings is 1. The van der Waals surface area contributed by atoms with Crippen molar-refractivity contribution in [2.45, 2.75) is 6.54 Å². The van der Waals surface area contributed by atoms with Gasteiger partial charge in [0, 0.05) is 11.2 Å². The Morgan fingerprint density at radius 1 is 1.08 bits per heavy atom. The first-order valence-corrected chi connectivity index (χ1v) is 9.32. The van der Waals surface area contributed by atoms with Crippen molar-refractivity contribution in [3.8, 4) is 0 Å². The number of pyridine rings is 1. The van der Waals surface area contributed by atoms with Gasteiger partial charge < -0.3 is 4.42 Å². The van der Waals surface area contributed by atoms with Crippen molar-refractivity contribution < 1.29 is 12.8 Å². The molecule has 7 heteroatoms. The molecule has 0 radical (unpaired) electrons. The van der Waals surface area contributed by atoms with Gasteiger partial charge in [0.15, 0.2) is 0 Å². The summed E-state index contributed by atoms with van der Waals surface area (Å²) in [6, 6.07) is 15.4. The van der Waals surface area contributed by atoms with Gasteiger partial charge in [-0.2, -0.15) is 0 Å². The molecule has 0 aliphatic carbocycles. The van der Waals surface area contributed by atoms with Gasteiger partial charge in [-0.05, 0) is 48.0 Å². The van der Waals surface area contributed by atoms with Crippen LogP contribution in [0.2, 0.25) is 5.02 Å². The molecular weight excluding hydrogens is 360 g/mol. The van der Waals surface area contributed by atoms with E-state index in [4.69, 9.17) is 16.0 Å². The van der Waals surface area contributed by atoms with Crippen LogP contribution in [0.1, 0.15) is 11.3 Å². The average molecular weight is 375 g/mol. The molecule has 0 amide bonds. The van der Waals surface area contributed by atoms with Crippen LogP contribution in [0.4, 0.5) is 5.82 Å². The molecule has 3 aromatic rings. The van der Waals surface area contributed by atoms with Crippen molar-refractivity contribution in [3.63, 3.8) is 0 Å². The second-order valence-electron chi connectivity index (χ2n) is 5.17. The highest BCUT2D eigenvalue weighted by atomic mass is 35.5. The van der Waals surface area contributed by atoms with Crippen LogP contribution in [0.25, 0.3) is 6.08 Å². The van der Waals surface area contributed by atoms with Crippen LogP contribution in [0.3, 0.4) is 0 Å². The van der Waals surface area contributed by atoms with Crippen molar-refractivity contribution in [2.24, 2.45) is 0 Å². The van der Waals surface area contributed by atoms with E-state index in [1.807, 2.05) is 0 Å². The number of aromatic nitrogens is 1. The molecule has 0 spiro atoms. The Kier molecular flexibility index (Phi) is 5.21. The molecule has 2 heterocycles. The van der Waals surface area contributed by atoms with E-state index in [0.29, 0.717) is 16.6 Å². The molecule has 25 heavy (non-hydrogen) atoms. The zero-order valence-corrected chi connectivity index (χ0v) is 14.7. The van der Waals surface area contributed by atoms with Gasteiger partial charge in [-0.15, -0.1) is 0 Å². The quantitative estimate of drug-likeness (QED) is 0.644. The van der Waals surface area contributed by atoms with E-state index >= 15 is 0 Å². The predicted molar refractivity (Wildman–Crippen MR) is 98.5 cm³/mol. The lowest BCUT2D eigenvalue weighted by molar-refractivity contribution is 0.509. The lowest BCUT2D eigenvalue weighted by Gasteiger charge is -2.20. The summed E-state index contributed by atoms with van der Waals surface area (Å²) in [7, 11) is -3.76. The molecule has 0 saturated carbocycles. The van der Waals surface area contributed by atoms with Gasteiger partial charge in [0.1, 0.15) is 11.6 Å². The highest BCUT2D eigenvalue weighted by molar-refractivity contribution is 7.95. The predicted octanol–water partition coefficient (Wildman–Crippen LogP) is 4.34. The van der Waals surface area contributed by atoms with Gasteiger partial charge in [-0.25, -0.2) is 17.7 Å². The maximum absolute atomic E-state index is 12.8. The number of hydrogen-bond donors (Lipinski definition) is 0. The molecule has 128 valence electrons. The first kappa shape index (κ1) is 17.3. The highest BCUT2D eigenvalue weighted by Crippen LogP contribution is 2.20. The molecule has 0 N–H and O–H groups in total. The van der Waals surface area contributed by atoms with Gasteiger partial charge in [-0.1, -0.05) is 29.8 Å². The van der Waals surface area contributed by atoms with Crippen LogP contribution in [-0.2, 0) is 16.6 Å². The van der Waals surface area contributed by atoms with Crippen molar-refractivity contribution in [1.29, 1.82) is 0 Å². The molecule has 2 aromatic heterocycles. The zero-order valence-electron chi connectivity index (χ0n) is 13.1. The smallest absolute Gasteiger partial charge is 0.259 e. The largest absolute Gasteiger partial charge is 0.467 e. The van der Waals surface area contributed by atoms with E-state index in [1.165, 1.54) is 16.6 Å². The maximum Gasteiger partial charge on any atom is 0.259 e. The second kappa shape index (κ2) is 7.55. The number of furan rings is 1. The summed E-state index contributed by atoms with van der Waals surface area (Å²) in [4.78, 5) is 4.15. The van der Waals surface area contributed by atoms with E-state index in [9.17, 15) is 8.42 Å². The number of anilines is 1. The fourth-order valence-corrected chi connectivity index (χ4v) is 3.44. The minimum absolute atomic E-state index is 0.0529. The number of rotatable bonds is 6. The van der Waals surface area contributed by atoms with Crippen LogP contribution in [0.5, 0.6) is 0 Å². The lowest BCUT2D eigenvalue weighted by atomic mass is 10.2. The Hall–Kier alpha value is -2.57. The minimum atomic E-state index is -3.76. The van der Waals surface area contributed by atoms with Gasteiger partial charge in [0.05, 0.1) is 18.2 Å². The topological polar surface area (TPSA) is 63.4 Å². The Morgan fingerprint density at radius 3 is 2.52 bits per heavy atom. The summed E-state index contributed by atoms with van der Waals surface area (Å²) < 4.78 is 32.1. The Bertz CT molecular complexity index is 938. The van der Waals surface area contributed by atoms with Crippen molar-refractivity contribution in [1.82, 2.24) is 4.98 Å². The van der Waals surface area contributed by atoms with E-state index in [0.717, 1.165) is 11.0 Å². The third-order valence-corrected chi connectivity index (χ3v) is 5.06. The number of halogens is 1. The SMILES string of the molecule is O=S(=O)(/C=C/c1ccc(Cl)cc1)N(Cc1ccco1)c1ccccn1. The minimum Gasteiger partial charge on any atom is -0.467 e. The maximum atomic E-state index is 12.8. The summed E-state index contributed by atoms with van der Waals surface area (Å²) >= 11 is 5.84. The van der Waals surface area contributed by atoms with Gasteiger partial charge >= 0.3 is 0 Å². The van der Waals surface area contributed by atoms with Crippen LogP contribution in [0, 0.1) is 0 Å². The number of nitrogens with zero attached hydrogens (tertiary/aromatic N) is 2. The summed E-state index contributed by atoms with van der Waals surface area (Å²) in [5.41, 5.74) is 0.729. The number of sulfonamides is 1. The molecule has 1 aromatic carbocycles. The molecule has 0 unspecified atom stereocenters. The van der Waals surface area contributed by atoms with Gasteiger partial charge in [-0.3, -0.25) is 0 Å². The molecule has 0 bridgehead atoms. The van der Waals surface area contributed by atoms with Crippen LogP contribution < -0.4 is 4.31 Å². The normalized spacial score (nSPS) is 11.7. The molecule has 0 saturated heterocycles. The second-order valence-corrected chi connectivity index (χ2v) is 7.35. The van der Waals surface area contributed by atoms with Crippen molar-refractivity contribution >= 4 is 33.5 Å². The summed E-state index contributed by atoms with van der Waals surface area (Å²) in [6.45, 7) is 0.0529. The standard InChI is InChI=1S/C18H15ClN2O3S/c19-16-8-6-15(7-9-16)10-13-25(22,23)21(14-17-4-3-12-24-17)18-5-1-2-11-20-18/h1-13H,14H2/b13-10+. The van der Waals surface area contributed by atoms with Gasteiger partial charge in [0.25, 0.3) is 10.0 Å². The molecule has 0 aliphatic heterocycles. The first-order chi connectivity index (χ1) is 12.0. The molecule has 3 rings (SSSR count). The summed E-state index contributed by atoms with van der Waals surface area (Å²) in [6.07, 6.45) is 4.56. The molecular formula is C18H15ClN2O3S. The van der Waals surface area contributed by atoms with E-state index in [2.05, 4.69) is 4.98 Å². The van der Waals surface area contributed by atoms with Crippen molar-refractivity contribution in [3.05, 3.63) is 88.8 Å². The van der Waals surface area contributed by atoms with Gasteiger partial charge in [0.2, 0.25) is 0 Å². The first-order valence-electron chi connectivity index (χ1n) is 7.44. The fourth-order valence-electron chi connectivity index (χ4n) is 2.16. The van der Waals surface area contributed by atoms with E-state index in [1.54, 1.807) is 60.8 Å².